The van der Waals surface area contributed by atoms with Crippen LogP contribution in [0.1, 0.15) is 6.92 Å². The summed E-state index contributed by atoms with van der Waals surface area (Å²) in [7, 11) is 1.55. The summed E-state index contributed by atoms with van der Waals surface area (Å²) in [6.45, 7) is 1.87. The third kappa shape index (κ3) is 4.41. The predicted molar refractivity (Wildman–Crippen MR) is 88.4 cm³/mol. The largest absolute Gasteiger partial charge is 0.495 e. The smallest absolute Gasteiger partial charge is 0.237 e. The van der Waals surface area contributed by atoms with Crippen molar-refractivity contribution in [1.82, 2.24) is 0 Å². The number of carbonyl (C=O) groups is 1. The summed E-state index contributed by atoms with van der Waals surface area (Å²) >= 11 is 7.55. The highest BCUT2D eigenvalue weighted by atomic mass is 35.5. The molecule has 1 N–H and O–H groups in total. The predicted octanol–water partition coefficient (Wildman–Crippen LogP) is 4.47. The minimum atomic E-state index is -0.201. The van der Waals surface area contributed by atoms with Gasteiger partial charge in [0.25, 0.3) is 0 Å². The molecule has 0 saturated carbocycles. The van der Waals surface area contributed by atoms with Crippen molar-refractivity contribution in [3.63, 3.8) is 0 Å². The number of thioether (sulfide) groups is 1. The van der Waals surface area contributed by atoms with Gasteiger partial charge in [-0.25, -0.2) is 0 Å². The van der Waals surface area contributed by atoms with E-state index in [4.69, 9.17) is 16.3 Å². The molecule has 2 aromatic carbocycles. The summed E-state index contributed by atoms with van der Waals surface area (Å²) in [6.07, 6.45) is 0. The van der Waals surface area contributed by atoms with Crippen molar-refractivity contribution in [1.29, 1.82) is 0 Å². The number of anilines is 1. The molecule has 2 aromatic rings. The third-order valence-electron chi connectivity index (χ3n) is 2.84. The number of methoxy groups -OCH3 is 1. The van der Waals surface area contributed by atoms with Gasteiger partial charge in [-0.1, -0.05) is 29.8 Å². The number of halogens is 1. The van der Waals surface area contributed by atoms with Gasteiger partial charge in [0, 0.05) is 10.6 Å². The van der Waals surface area contributed by atoms with Gasteiger partial charge in [0.15, 0.2) is 0 Å². The Morgan fingerprint density at radius 3 is 2.57 bits per heavy atom. The van der Waals surface area contributed by atoms with Gasteiger partial charge < -0.3 is 10.1 Å². The van der Waals surface area contributed by atoms with Crippen LogP contribution in [-0.2, 0) is 4.79 Å². The van der Waals surface area contributed by atoms with Crippen LogP contribution >= 0.6 is 23.4 Å². The SMILES string of the molecule is COc1ccc(NC(=O)C(C)Sc2ccccc2)cc1Cl. The molecule has 1 unspecified atom stereocenters. The summed E-state index contributed by atoms with van der Waals surface area (Å²) in [4.78, 5) is 13.2. The van der Waals surface area contributed by atoms with Gasteiger partial charge >= 0.3 is 0 Å². The average molecular weight is 322 g/mol. The van der Waals surface area contributed by atoms with Crippen molar-refractivity contribution >= 4 is 35.0 Å². The standard InChI is InChI=1S/C16H16ClNO2S/c1-11(21-13-6-4-3-5-7-13)16(19)18-12-8-9-15(20-2)14(17)10-12/h3-11H,1-2H3,(H,18,19). The summed E-state index contributed by atoms with van der Waals surface area (Å²) in [5, 5.41) is 3.12. The van der Waals surface area contributed by atoms with E-state index in [1.54, 1.807) is 25.3 Å². The van der Waals surface area contributed by atoms with Crippen molar-refractivity contribution in [2.75, 3.05) is 12.4 Å². The van der Waals surface area contributed by atoms with Gasteiger partial charge in [-0.2, -0.15) is 0 Å². The molecule has 1 atom stereocenters. The number of rotatable bonds is 5. The number of carbonyl (C=O) groups excluding carboxylic acids is 1. The lowest BCUT2D eigenvalue weighted by atomic mass is 10.3. The van der Waals surface area contributed by atoms with Crippen molar-refractivity contribution in [2.45, 2.75) is 17.1 Å². The number of hydrogen-bond donors (Lipinski definition) is 1. The Bertz CT molecular complexity index is 619. The maximum Gasteiger partial charge on any atom is 0.237 e. The summed E-state index contributed by atoms with van der Waals surface area (Å²) in [5.41, 5.74) is 0.659. The Labute approximate surface area is 133 Å². The Morgan fingerprint density at radius 2 is 1.95 bits per heavy atom. The molecular formula is C16H16ClNO2S. The minimum absolute atomic E-state index is 0.0647. The molecule has 0 spiro atoms. The second kappa shape index (κ2) is 7.38. The Balaban J connectivity index is 1.99. The van der Waals surface area contributed by atoms with E-state index in [1.807, 2.05) is 37.3 Å². The summed E-state index contributed by atoms with van der Waals surface area (Å²) in [6, 6.07) is 15.0. The topological polar surface area (TPSA) is 38.3 Å². The molecule has 5 heteroatoms. The van der Waals surface area contributed by atoms with Crippen molar-refractivity contribution in [3.05, 3.63) is 53.6 Å². The van der Waals surface area contributed by atoms with E-state index < -0.39 is 0 Å². The lowest BCUT2D eigenvalue weighted by Crippen LogP contribution is -2.22. The van der Waals surface area contributed by atoms with E-state index in [1.165, 1.54) is 11.8 Å². The zero-order chi connectivity index (χ0) is 15.2. The first-order chi connectivity index (χ1) is 10.1. The van der Waals surface area contributed by atoms with Gasteiger partial charge in [0.05, 0.1) is 17.4 Å². The van der Waals surface area contributed by atoms with Gasteiger partial charge in [0.1, 0.15) is 5.75 Å². The van der Waals surface area contributed by atoms with Gasteiger partial charge in [0.2, 0.25) is 5.91 Å². The van der Waals surface area contributed by atoms with Crippen LogP contribution in [0.5, 0.6) is 5.75 Å². The molecule has 0 fully saturated rings. The molecule has 0 aromatic heterocycles. The normalized spacial score (nSPS) is 11.8. The Hall–Kier alpha value is -1.65. The second-order valence-corrected chi connectivity index (χ2v) is 6.23. The Kier molecular flexibility index (Phi) is 5.53. The van der Waals surface area contributed by atoms with Gasteiger partial charge in [-0.05, 0) is 37.3 Å². The van der Waals surface area contributed by atoms with Crippen molar-refractivity contribution in [3.8, 4) is 5.75 Å². The molecule has 2 rings (SSSR count). The highest BCUT2D eigenvalue weighted by Gasteiger charge is 2.15. The van der Waals surface area contributed by atoms with Gasteiger partial charge in [-0.3, -0.25) is 4.79 Å². The van der Waals surface area contributed by atoms with Crippen molar-refractivity contribution < 1.29 is 9.53 Å². The van der Waals surface area contributed by atoms with Gasteiger partial charge in [-0.15, -0.1) is 11.8 Å². The highest BCUT2D eigenvalue weighted by Crippen LogP contribution is 2.28. The fourth-order valence-corrected chi connectivity index (χ4v) is 2.89. The van der Waals surface area contributed by atoms with Crippen LogP contribution in [0.2, 0.25) is 5.02 Å². The van der Waals surface area contributed by atoms with Crippen LogP contribution in [0.25, 0.3) is 0 Å². The zero-order valence-electron chi connectivity index (χ0n) is 11.8. The molecule has 0 heterocycles. The van der Waals surface area contributed by atoms with Crippen LogP contribution in [0, 0.1) is 0 Å². The molecule has 0 saturated heterocycles. The quantitative estimate of drug-likeness (QED) is 0.826. The van der Waals surface area contributed by atoms with Crippen molar-refractivity contribution in [2.24, 2.45) is 0 Å². The molecule has 110 valence electrons. The summed E-state index contributed by atoms with van der Waals surface area (Å²) in [5.74, 6) is 0.520. The number of nitrogens with one attached hydrogen (secondary N) is 1. The van der Waals surface area contributed by atoms with E-state index in [2.05, 4.69) is 5.32 Å². The molecule has 0 aliphatic rings. The first-order valence-electron chi connectivity index (χ1n) is 6.46. The molecule has 1 amide bonds. The first kappa shape index (κ1) is 15.7. The fraction of sp³-hybridized carbons (Fsp3) is 0.188. The number of benzene rings is 2. The molecule has 21 heavy (non-hydrogen) atoms. The first-order valence-corrected chi connectivity index (χ1v) is 7.72. The molecular weight excluding hydrogens is 306 g/mol. The van der Waals surface area contributed by atoms with Crippen LogP contribution in [0.4, 0.5) is 5.69 Å². The average Bonchev–Trinajstić information content (AvgIpc) is 2.48. The van der Waals surface area contributed by atoms with Crippen LogP contribution in [0.15, 0.2) is 53.4 Å². The molecule has 0 radical (unpaired) electrons. The number of amides is 1. The second-order valence-electron chi connectivity index (χ2n) is 4.41. The van der Waals surface area contributed by atoms with Crippen LogP contribution in [0.3, 0.4) is 0 Å². The number of hydrogen-bond acceptors (Lipinski definition) is 3. The van der Waals surface area contributed by atoms with E-state index in [9.17, 15) is 4.79 Å². The fourth-order valence-electron chi connectivity index (χ4n) is 1.74. The molecule has 0 aliphatic heterocycles. The van der Waals surface area contributed by atoms with E-state index in [-0.39, 0.29) is 11.2 Å². The van der Waals surface area contributed by atoms with E-state index >= 15 is 0 Å². The monoisotopic (exact) mass is 321 g/mol. The van der Waals surface area contributed by atoms with E-state index in [0.717, 1.165) is 4.90 Å². The summed E-state index contributed by atoms with van der Waals surface area (Å²) < 4.78 is 5.08. The van der Waals surface area contributed by atoms with Crippen LogP contribution < -0.4 is 10.1 Å². The maximum atomic E-state index is 12.2. The third-order valence-corrected chi connectivity index (χ3v) is 4.25. The maximum absolute atomic E-state index is 12.2. The molecule has 0 bridgehead atoms. The Morgan fingerprint density at radius 1 is 1.24 bits per heavy atom. The minimum Gasteiger partial charge on any atom is -0.495 e. The molecule has 0 aliphatic carbocycles. The van der Waals surface area contributed by atoms with Crippen LogP contribution in [-0.4, -0.2) is 18.3 Å². The number of ether oxygens (including phenoxy) is 1. The van der Waals surface area contributed by atoms with E-state index in [0.29, 0.717) is 16.5 Å². The highest BCUT2D eigenvalue weighted by molar-refractivity contribution is 8.00. The lowest BCUT2D eigenvalue weighted by Gasteiger charge is -2.13. The molecule has 3 nitrogen and oxygen atoms in total. The zero-order valence-corrected chi connectivity index (χ0v) is 13.4. The lowest BCUT2D eigenvalue weighted by molar-refractivity contribution is -0.115.